The van der Waals surface area contributed by atoms with Crippen molar-refractivity contribution in [2.75, 3.05) is 28.4 Å². The zero-order valence-corrected chi connectivity index (χ0v) is 19.9. The van der Waals surface area contributed by atoms with Gasteiger partial charge in [-0.15, -0.1) is 0 Å². The Hall–Kier alpha value is -3.25. The third kappa shape index (κ3) is 5.96. The van der Waals surface area contributed by atoms with Gasteiger partial charge in [0, 0.05) is 0 Å². The van der Waals surface area contributed by atoms with Gasteiger partial charge in [0.25, 0.3) is 0 Å². The molecule has 0 amide bonds. The van der Waals surface area contributed by atoms with Crippen molar-refractivity contribution in [3.8, 4) is 23.0 Å². The van der Waals surface area contributed by atoms with Gasteiger partial charge in [-0.3, -0.25) is 4.57 Å². The summed E-state index contributed by atoms with van der Waals surface area (Å²) in [5.74, 6) is 1.91. The minimum atomic E-state index is -4.24. The average Bonchev–Trinajstić information content (AvgIpc) is 2.86. The van der Waals surface area contributed by atoms with E-state index in [9.17, 15) is 9.46 Å². The lowest BCUT2D eigenvalue weighted by molar-refractivity contribution is 0.260. The summed E-state index contributed by atoms with van der Waals surface area (Å²) in [6.45, 7) is -0.0165. The Bertz CT molecular complexity index is 1120. The van der Waals surface area contributed by atoms with Crippen molar-refractivity contribution in [1.29, 1.82) is 0 Å². The van der Waals surface area contributed by atoms with Crippen LogP contribution in [0.3, 0.4) is 0 Å². The van der Waals surface area contributed by atoms with Crippen molar-refractivity contribution in [1.82, 2.24) is 0 Å². The fourth-order valence-electron chi connectivity index (χ4n) is 3.24. The van der Waals surface area contributed by atoms with Gasteiger partial charge < -0.3 is 28.4 Å². The number of benzene rings is 3. The molecular weight excluding hydrogens is 443 g/mol. The molecular formula is C25H27O7P. The molecule has 0 saturated heterocycles. The van der Waals surface area contributed by atoms with E-state index in [-0.39, 0.29) is 11.9 Å². The predicted molar refractivity (Wildman–Crippen MR) is 128 cm³/mol. The molecule has 0 spiro atoms. The van der Waals surface area contributed by atoms with Gasteiger partial charge in [-0.05, 0) is 47.0 Å². The highest BCUT2D eigenvalue weighted by Crippen LogP contribution is 2.57. The van der Waals surface area contributed by atoms with Crippen LogP contribution in [0.15, 0.2) is 66.7 Å². The van der Waals surface area contributed by atoms with Crippen LogP contribution >= 0.6 is 7.60 Å². The number of hydrogen-bond donors (Lipinski definition) is 1. The quantitative estimate of drug-likeness (QED) is 0.304. The first-order valence-corrected chi connectivity index (χ1v) is 11.7. The normalized spacial score (nSPS) is 13.2. The third-order valence-corrected chi connectivity index (χ3v) is 6.40. The Morgan fingerprint density at radius 2 is 1.45 bits per heavy atom. The summed E-state index contributed by atoms with van der Waals surface area (Å²) in [5, 5.41) is 0.121. The number of hydrogen-bond acceptors (Lipinski definition) is 6. The molecule has 0 saturated carbocycles. The fraction of sp³-hybridized carbons (Fsp3) is 0.200. The molecule has 174 valence electrons. The van der Waals surface area contributed by atoms with Crippen molar-refractivity contribution >= 4 is 19.0 Å². The topological polar surface area (TPSA) is 83.5 Å². The molecule has 0 heterocycles. The Morgan fingerprint density at radius 3 is 1.97 bits per heavy atom. The van der Waals surface area contributed by atoms with E-state index in [1.54, 1.807) is 49.6 Å². The van der Waals surface area contributed by atoms with Gasteiger partial charge >= 0.3 is 7.60 Å². The standard InChI is InChI=1S/C25H27O7P/c1-28-21-12-10-20(11-13-21)24(33(26,27)32-17-18-8-6-5-7-9-18)16-19-14-22(29-2)25(31-4)23(15-19)30-3/h5-16H,17H2,1-4H3,(H,26,27)/b24-16+. The first-order valence-electron chi connectivity index (χ1n) is 10.1. The van der Waals surface area contributed by atoms with Crippen molar-refractivity contribution in [3.63, 3.8) is 0 Å². The van der Waals surface area contributed by atoms with Gasteiger partial charge in [0.15, 0.2) is 11.5 Å². The Morgan fingerprint density at radius 1 is 0.848 bits per heavy atom. The second-order valence-electron chi connectivity index (χ2n) is 7.00. The highest BCUT2D eigenvalue weighted by molar-refractivity contribution is 7.64. The molecule has 3 aromatic carbocycles. The molecule has 33 heavy (non-hydrogen) atoms. The summed E-state index contributed by atoms with van der Waals surface area (Å²) in [6.07, 6.45) is 1.58. The van der Waals surface area contributed by atoms with Gasteiger partial charge in [-0.25, -0.2) is 0 Å². The number of methoxy groups -OCH3 is 4. The van der Waals surface area contributed by atoms with Crippen LogP contribution in [0.1, 0.15) is 16.7 Å². The Kier molecular flexibility index (Phi) is 8.17. The van der Waals surface area contributed by atoms with Crippen molar-refractivity contribution in [2.24, 2.45) is 0 Å². The molecule has 1 N–H and O–H groups in total. The van der Waals surface area contributed by atoms with Crippen molar-refractivity contribution < 1.29 is 32.9 Å². The maximum atomic E-state index is 13.4. The van der Waals surface area contributed by atoms with Crippen molar-refractivity contribution in [3.05, 3.63) is 83.4 Å². The third-order valence-electron chi connectivity index (χ3n) is 4.93. The molecule has 0 aliphatic carbocycles. The van der Waals surface area contributed by atoms with E-state index < -0.39 is 7.60 Å². The number of rotatable bonds is 10. The second kappa shape index (κ2) is 11.1. The molecule has 0 aliphatic heterocycles. The van der Waals surface area contributed by atoms with E-state index in [0.29, 0.717) is 34.1 Å². The van der Waals surface area contributed by atoms with Crippen LogP contribution in [0.4, 0.5) is 0 Å². The molecule has 1 unspecified atom stereocenters. The summed E-state index contributed by atoms with van der Waals surface area (Å²) >= 11 is 0. The van der Waals surface area contributed by atoms with Crippen LogP contribution in [0.25, 0.3) is 11.4 Å². The largest absolute Gasteiger partial charge is 0.497 e. The van der Waals surface area contributed by atoms with E-state index in [1.165, 1.54) is 21.3 Å². The minimum Gasteiger partial charge on any atom is -0.497 e. The van der Waals surface area contributed by atoms with Crippen LogP contribution in [0.5, 0.6) is 23.0 Å². The monoisotopic (exact) mass is 470 g/mol. The summed E-state index contributed by atoms with van der Waals surface area (Å²) in [5.41, 5.74) is 1.88. The van der Waals surface area contributed by atoms with E-state index in [1.807, 2.05) is 30.3 Å². The smallest absolute Gasteiger partial charge is 0.359 e. The zero-order chi connectivity index (χ0) is 23.8. The van der Waals surface area contributed by atoms with Gasteiger partial charge in [-0.1, -0.05) is 42.5 Å². The molecule has 7 nitrogen and oxygen atoms in total. The maximum Gasteiger partial charge on any atom is 0.359 e. The molecule has 8 heteroatoms. The van der Waals surface area contributed by atoms with Crippen LogP contribution < -0.4 is 18.9 Å². The fourth-order valence-corrected chi connectivity index (χ4v) is 4.49. The molecule has 0 aromatic heterocycles. The zero-order valence-electron chi connectivity index (χ0n) is 19.0. The lowest BCUT2D eigenvalue weighted by Gasteiger charge is -2.18. The highest BCUT2D eigenvalue weighted by Gasteiger charge is 2.28. The summed E-state index contributed by atoms with van der Waals surface area (Å²) < 4.78 is 40.4. The molecule has 3 rings (SSSR count). The van der Waals surface area contributed by atoms with E-state index in [4.69, 9.17) is 23.5 Å². The molecule has 0 radical (unpaired) electrons. The lowest BCUT2D eigenvalue weighted by Crippen LogP contribution is -1.97. The average molecular weight is 470 g/mol. The van der Waals surface area contributed by atoms with Crippen LogP contribution in [0, 0.1) is 0 Å². The van der Waals surface area contributed by atoms with Gasteiger partial charge in [0.2, 0.25) is 5.75 Å². The molecule has 3 aromatic rings. The van der Waals surface area contributed by atoms with E-state index in [2.05, 4.69) is 0 Å². The van der Waals surface area contributed by atoms with Gasteiger partial charge in [0.1, 0.15) is 5.75 Å². The Labute approximate surface area is 193 Å². The predicted octanol–water partition coefficient (Wildman–Crippen LogP) is 5.62. The number of ether oxygens (including phenoxy) is 4. The van der Waals surface area contributed by atoms with Crippen LogP contribution in [0.2, 0.25) is 0 Å². The summed E-state index contributed by atoms with van der Waals surface area (Å²) in [6, 6.07) is 19.5. The van der Waals surface area contributed by atoms with Crippen molar-refractivity contribution in [2.45, 2.75) is 6.61 Å². The van der Waals surface area contributed by atoms with Crippen LogP contribution in [-0.4, -0.2) is 33.3 Å². The summed E-state index contributed by atoms with van der Waals surface area (Å²) in [7, 11) is 1.85. The highest BCUT2D eigenvalue weighted by atomic mass is 31.2. The Balaban J connectivity index is 2.08. The lowest BCUT2D eigenvalue weighted by atomic mass is 10.1. The second-order valence-corrected chi connectivity index (χ2v) is 8.78. The molecule has 1 atom stereocenters. The van der Waals surface area contributed by atoms with Gasteiger partial charge in [0.05, 0.1) is 40.4 Å². The van der Waals surface area contributed by atoms with Crippen LogP contribution in [-0.2, 0) is 15.7 Å². The first kappa shape index (κ1) is 24.4. The first-order chi connectivity index (χ1) is 15.9. The maximum absolute atomic E-state index is 13.4. The van der Waals surface area contributed by atoms with E-state index >= 15 is 0 Å². The summed E-state index contributed by atoms with van der Waals surface area (Å²) in [4.78, 5) is 11.0. The SMILES string of the molecule is COc1ccc(/C(=C\c2cc(OC)c(OC)c(OC)c2)P(=O)(O)OCc2ccccc2)cc1. The molecule has 0 aliphatic rings. The molecule has 0 fully saturated rings. The minimum absolute atomic E-state index is 0.0165. The molecule has 0 bridgehead atoms. The van der Waals surface area contributed by atoms with E-state index in [0.717, 1.165) is 5.56 Å². The van der Waals surface area contributed by atoms with Gasteiger partial charge in [-0.2, -0.15) is 0 Å².